The van der Waals surface area contributed by atoms with E-state index in [9.17, 15) is 32.7 Å². The third kappa shape index (κ3) is 7.36. The molecule has 46 heavy (non-hydrogen) atoms. The van der Waals surface area contributed by atoms with Crippen LogP contribution in [0.1, 0.15) is 30.1 Å². The van der Waals surface area contributed by atoms with Gasteiger partial charge in [-0.1, -0.05) is 36.4 Å². The molecule has 0 spiro atoms. The van der Waals surface area contributed by atoms with Crippen LogP contribution < -0.4 is 20.1 Å². The number of nitrogens with zero attached hydrogens (tertiary/aromatic N) is 1. The number of aliphatic hydroxyl groups is 1. The van der Waals surface area contributed by atoms with Gasteiger partial charge in [-0.2, -0.15) is 0 Å². The van der Waals surface area contributed by atoms with Gasteiger partial charge in [-0.05, 0) is 66.1 Å². The highest BCUT2D eigenvalue weighted by atomic mass is 32.2. The zero-order valence-corrected chi connectivity index (χ0v) is 26.0. The van der Waals surface area contributed by atoms with Gasteiger partial charge in [0.2, 0.25) is 28.1 Å². The average molecular weight is 651 g/mol. The van der Waals surface area contributed by atoms with Gasteiger partial charge in [0.25, 0.3) is 5.91 Å². The quantitative estimate of drug-likeness (QED) is 0.185. The maximum Gasteiger partial charge on any atom is 0.310 e. The number of ether oxygens (including phenoxy) is 2. The van der Waals surface area contributed by atoms with Crippen LogP contribution in [0.25, 0.3) is 10.8 Å². The van der Waals surface area contributed by atoms with Gasteiger partial charge in [0.1, 0.15) is 23.9 Å². The predicted molar refractivity (Wildman–Crippen MR) is 166 cm³/mol. The van der Waals surface area contributed by atoms with Crippen molar-refractivity contribution in [1.82, 2.24) is 20.3 Å². The number of carbonyl (C=O) groups excluding carboxylic acids is 4. The summed E-state index contributed by atoms with van der Waals surface area (Å²) in [6.07, 6.45) is -0.0690. The van der Waals surface area contributed by atoms with E-state index in [0.717, 1.165) is 10.8 Å². The lowest BCUT2D eigenvalue weighted by atomic mass is 10.1. The van der Waals surface area contributed by atoms with E-state index in [1.807, 2.05) is 24.3 Å². The predicted octanol–water partition coefficient (Wildman–Crippen LogP) is 1.22. The third-order valence-corrected chi connectivity index (χ3v) is 9.35. The smallest absolute Gasteiger partial charge is 0.310 e. The van der Waals surface area contributed by atoms with Crippen molar-refractivity contribution in [3.63, 3.8) is 0 Å². The molecule has 2 heterocycles. The third-order valence-electron chi connectivity index (χ3n) is 7.93. The summed E-state index contributed by atoms with van der Waals surface area (Å²) in [6.45, 7) is 1.15. The van der Waals surface area contributed by atoms with Gasteiger partial charge in [-0.15, -0.1) is 0 Å². The highest BCUT2D eigenvalue weighted by Gasteiger charge is 2.38. The fraction of sp³-hybridized carbons (Fsp3) is 0.312. The monoisotopic (exact) mass is 650 g/mol. The minimum Gasteiger partial charge on any atom is -0.497 e. The van der Waals surface area contributed by atoms with Gasteiger partial charge in [0.15, 0.2) is 0 Å². The summed E-state index contributed by atoms with van der Waals surface area (Å²) < 4.78 is 38.3. The molecule has 4 atom stereocenters. The van der Waals surface area contributed by atoms with E-state index < -0.39 is 58.1 Å². The Morgan fingerprint density at radius 1 is 1.04 bits per heavy atom. The zero-order chi connectivity index (χ0) is 33.0. The van der Waals surface area contributed by atoms with Crippen LogP contribution in [0, 0.1) is 0 Å². The summed E-state index contributed by atoms with van der Waals surface area (Å²) in [7, 11) is -2.48. The van der Waals surface area contributed by atoms with Crippen molar-refractivity contribution in [2.75, 3.05) is 20.2 Å². The number of amides is 3. The Balaban J connectivity index is 1.36. The number of rotatable bonds is 10. The van der Waals surface area contributed by atoms with Gasteiger partial charge in [-0.3, -0.25) is 19.2 Å². The molecular weight excluding hydrogens is 616 g/mol. The van der Waals surface area contributed by atoms with Gasteiger partial charge in [-0.25, -0.2) is 13.1 Å². The Kier molecular flexibility index (Phi) is 9.70. The van der Waals surface area contributed by atoms with E-state index in [4.69, 9.17) is 9.47 Å². The fourth-order valence-electron chi connectivity index (χ4n) is 5.23. The molecule has 0 bridgehead atoms. The molecule has 3 aromatic rings. The summed E-state index contributed by atoms with van der Waals surface area (Å²) in [6, 6.07) is 15.3. The second kappa shape index (κ2) is 13.7. The number of sulfonamides is 1. The minimum absolute atomic E-state index is 0.00983. The number of fused-ring (bicyclic) bond motifs is 1. The number of hydrogen-bond acceptors (Lipinski definition) is 9. The standard InChI is InChI=1S/C32H34N4O9S/c1-19(29(38)35-27-16-28(37)45-32(27)41)36-18-20(17-33-46(42,43)25-12-10-24(44-2)11-13-25)7-14-26(31(36)40)34-30(39)23-9-8-21-5-3-4-6-22(21)15-23/h3-13,15,19,26-27,32-33,41H,14,16-18H2,1-2H3,(H,34,39)(H,35,38)/t19?,26-,27?,32?/m0/s1. The molecular formula is C32H34N4O9S. The Labute approximate surface area is 265 Å². The molecule has 13 nitrogen and oxygen atoms in total. The molecule has 2 aliphatic rings. The summed E-state index contributed by atoms with van der Waals surface area (Å²) >= 11 is 0. The number of carbonyl (C=O) groups is 4. The Hall–Kier alpha value is -4.79. The van der Waals surface area contributed by atoms with E-state index in [1.54, 1.807) is 24.3 Å². The van der Waals surface area contributed by atoms with Crippen LogP contribution >= 0.6 is 0 Å². The molecule has 1 saturated heterocycles. The molecule has 0 radical (unpaired) electrons. The Morgan fingerprint density at radius 3 is 2.43 bits per heavy atom. The summed E-state index contributed by atoms with van der Waals surface area (Å²) in [4.78, 5) is 53.2. The molecule has 0 aliphatic carbocycles. The van der Waals surface area contributed by atoms with E-state index >= 15 is 0 Å². The fourth-order valence-corrected chi connectivity index (χ4v) is 6.27. The lowest BCUT2D eigenvalue weighted by Crippen LogP contribution is -2.56. The molecule has 1 fully saturated rings. The van der Waals surface area contributed by atoms with Crippen LogP contribution in [0.5, 0.6) is 5.75 Å². The van der Waals surface area contributed by atoms with Crippen LogP contribution in [-0.2, 0) is 29.1 Å². The van der Waals surface area contributed by atoms with Crippen molar-refractivity contribution in [1.29, 1.82) is 0 Å². The number of nitrogens with one attached hydrogen (secondary N) is 3. The highest BCUT2D eigenvalue weighted by molar-refractivity contribution is 7.89. The van der Waals surface area contributed by atoms with Crippen LogP contribution in [0.2, 0.25) is 0 Å². The molecule has 3 amide bonds. The number of benzene rings is 3. The van der Waals surface area contributed by atoms with Crippen LogP contribution in [0.15, 0.2) is 83.3 Å². The van der Waals surface area contributed by atoms with Gasteiger partial charge >= 0.3 is 5.97 Å². The first-order chi connectivity index (χ1) is 21.9. The van der Waals surface area contributed by atoms with Gasteiger partial charge in [0.05, 0.1) is 18.4 Å². The van der Waals surface area contributed by atoms with E-state index in [0.29, 0.717) is 16.9 Å². The molecule has 2 aliphatic heterocycles. The molecule has 4 N–H and O–H groups in total. The number of cyclic esters (lactones) is 1. The lowest BCUT2D eigenvalue weighted by Gasteiger charge is -2.31. The van der Waals surface area contributed by atoms with Crippen LogP contribution in [0.3, 0.4) is 0 Å². The molecule has 242 valence electrons. The van der Waals surface area contributed by atoms with E-state index in [2.05, 4.69) is 15.4 Å². The Bertz CT molecular complexity index is 1790. The molecule has 0 saturated carbocycles. The molecule has 3 aromatic carbocycles. The number of aliphatic hydroxyl groups excluding tert-OH is 1. The number of esters is 1. The second-order valence-electron chi connectivity index (χ2n) is 11.0. The van der Waals surface area contributed by atoms with Crippen molar-refractivity contribution in [3.8, 4) is 5.75 Å². The second-order valence-corrected chi connectivity index (χ2v) is 12.8. The van der Waals surface area contributed by atoms with Crippen molar-refractivity contribution >= 4 is 44.5 Å². The topological polar surface area (TPSA) is 180 Å². The highest BCUT2D eigenvalue weighted by Crippen LogP contribution is 2.21. The van der Waals surface area contributed by atoms with Crippen LogP contribution in [-0.4, -0.2) is 86.7 Å². The lowest BCUT2D eigenvalue weighted by molar-refractivity contribution is -0.155. The molecule has 14 heteroatoms. The Morgan fingerprint density at radius 2 is 1.76 bits per heavy atom. The van der Waals surface area contributed by atoms with Crippen molar-refractivity contribution in [2.24, 2.45) is 0 Å². The van der Waals surface area contributed by atoms with Crippen LogP contribution in [0.4, 0.5) is 0 Å². The minimum atomic E-state index is -3.95. The first-order valence-corrected chi connectivity index (χ1v) is 16.0. The first-order valence-electron chi connectivity index (χ1n) is 14.5. The van der Waals surface area contributed by atoms with Gasteiger partial charge in [0, 0.05) is 18.7 Å². The van der Waals surface area contributed by atoms with Gasteiger partial charge < -0.3 is 30.1 Å². The van der Waals surface area contributed by atoms with Crippen molar-refractivity contribution in [2.45, 2.75) is 49.1 Å². The maximum atomic E-state index is 13.9. The molecule has 5 rings (SSSR count). The van der Waals surface area contributed by atoms with E-state index in [-0.39, 0.29) is 30.8 Å². The number of methoxy groups -OCH3 is 1. The summed E-state index contributed by atoms with van der Waals surface area (Å²) in [5.41, 5.74) is 0.816. The van der Waals surface area contributed by atoms with Crippen molar-refractivity contribution in [3.05, 3.63) is 83.9 Å². The summed E-state index contributed by atoms with van der Waals surface area (Å²) in [5.74, 6) is -1.93. The summed E-state index contributed by atoms with van der Waals surface area (Å²) in [5, 5.41) is 17.1. The molecule has 0 aromatic heterocycles. The average Bonchev–Trinajstić information content (AvgIpc) is 3.28. The normalized spacial score (nSPS) is 20.8. The van der Waals surface area contributed by atoms with Crippen molar-refractivity contribution < 1.29 is 42.2 Å². The number of hydrogen-bond donors (Lipinski definition) is 4. The SMILES string of the molecule is COc1ccc(S(=O)(=O)NCC2=CC[C@H](NC(=O)c3ccc4ccccc4c3)C(=O)N(C(C)C(=O)NC3CC(=O)OC3O)C2)cc1. The maximum absolute atomic E-state index is 13.9. The largest absolute Gasteiger partial charge is 0.497 e. The first kappa shape index (κ1) is 32.6. The molecule has 3 unspecified atom stereocenters. The zero-order valence-electron chi connectivity index (χ0n) is 25.1. The van der Waals surface area contributed by atoms with E-state index in [1.165, 1.54) is 43.2 Å².